The number of nitrogens with one attached hydrogen (secondary N) is 1. The van der Waals surface area contributed by atoms with Gasteiger partial charge >= 0.3 is 0 Å². The molecule has 0 aliphatic carbocycles. The van der Waals surface area contributed by atoms with Gasteiger partial charge in [-0.05, 0) is 31.8 Å². The Bertz CT molecular complexity index is 256. The summed E-state index contributed by atoms with van der Waals surface area (Å²) in [5.74, 6) is 1.10. The van der Waals surface area contributed by atoms with Crippen molar-refractivity contribution in [1.29, 1.82) is 0 Å². The molecule has 0 spiro atoms. The Morgan fingerprint density at radius 1 is 1.35 bits per heavy atom. The highest BCUT2D eigenvalue weighted by Crippen LogP contribution is 2.25. The highest BCUT2D eigenvalue weighted by molar-refractivity contribution is 8.00. The summed E-state index contributed by atoms with van der Waals surface area (Å²) in [4.78, 5) is 14.2. The largest absolute Gasteiger partial charge is 0.341 e. The summed E-state index contributed by atoms with van der Waals surface area (Å²) in [5, 5.41) is 4.55. The zero-order valence-corrected chi connectivity index (χ0v) is 11.8. The monoisotopic (exact) mass is 256 g/mol. The van der Waals surface area contributed by atoms with Crippen molar-refractivity contribution >= 4 is 17.7 Å². The van der Waals surface area contributed by atoms with E-state index in [9.17, 15) is 4.79 Å². The van der Waals surface area contributed by atoms with Crippen molar-refractivity contribution in [3.63, 3.8) is 0 Å². The van der Waals surface area contributed by atoms with E-state index in [1.54, 1.807) is 0 Å². The summed E-state index contributed by atoms with van der Waals surface area (Å²) in [6.45, 7) is 8.57. The molecule has 0 bridgehead atoms. The summed E-state index contributed by atoms with van der Waals surface area (Å²) >= 11 is 2.00. The van der Waals surface area contributed by atoms with Crippen molar-refractivity contribution in [2.75, 3.05) is 26.2 Å². The number of hydrogen-bond donors (Lipinski definition) is 1. The fourth-order valence-corrected chi connectivity index (χ4v) is 4.15. The number of hydrogen-bond acceptors (Lipinski definition) is 3. The van der Waals surface area contributed by atoms with Crippen LogP contribution in [0.1, 0.15) is 33.1 Å². The van der Waals surface area contributed by atoms with Crippen LogP contribution in [0.4, 0.5) is 0 Å². The zero-order valence-electron chi connectivity index (χ0n) is 10.9. The van der Waals surface area contributed by atoms with Gasteiger partial charge in [-0.1, -0.05) is 13.8 Å². The molecular formula is C13H24N2OS. The second-order valence-electron chi connectivity index (χ2n) is 5.45. The van der Waals surface area contributed by atoms with E-state index in [-0.39, 0.29) is 0 Å². The molecule has 0 radical (unpaired) electrons. The van der Waals surface area contributed by atoms with Crippen LogP contribution in [0.2, 0.25) is 0 Å². The second kappa shape index (κ2) is 6.10. The zero-order chi connectivity index (χ0) is 12.3. The topological polar surface area (TPSA) is 32.3 Å². The molecule has 2 fully saturated rings. The summed E-state index contributed by atoms with van der Waals surface area (Å²) in [7, 11) is 0. The third-order valence-electron chi connectivity index (χ3n) is 3.70. The van der Waals surface area contributed by atoms with E-state index in [1.807, 2.05) is 11.8 Å². The fourth-order valence-electron chi connectivity index (χ4n) is 2.83. The summed E-state index contributed by atoms with van der Waals surface area (Å²) < 4.78 is 0. The number of amides is 1. The molecule has 0 aromatic carbocycles. The fraction of sp³-hybridized carbons (Fsp3) is 0.923. The first-order valence-corrected chi connectivity index (χ1v) is 7.73. The number of thioether (sulfide) groups is 1. The second-order valence-corrected chi connectivity index (χ2v) is 7.34. The van der Waals surface area contributed by atoms with Crippen molar-refractivity contribution in [2.24, 2.45) is 5.92 Å². The molecule has 0 saturated carbocycles. The molecule has 2 aliphatic rings. The molecule has 3 atom stereocenters. The molecule has 4 heteroatoms. The smallest absolute Gasteiger partial charge is 0.222 e. The molecule has 2 saturated heterocycles. The van der Waals surface area contributed by atoms with Crippen molar-refractivity contribution in [2.45, 2.75) is 43.6 Å². The molecule has 2 aliphatic heterocycles. The first-order valence-electron chi connectivity index (χ1n) is 6.79. The molecule has 0 aromatic rings. The maximum atomic E-state index is 12.1. The molecule has 98 valence electrons. The molecular weight excluding hydrogens is 232 g/mol. The minimum absolute atomic E-state index is 0.371. The highest BCUT2D eigenvalue weighted by Gasteiger charge is 2.26. The predicted molar refractivity (Wildman–Crippen MR) is 73.3 cm³/mol. The first kappa shape index (κ1) is 13.2. The van der Waals surface area contributed by atoms with Crippen LogP contribution >= 0.6 is 11.8 Å². The number of carbonyl (C=O) groups is 1. The Morgan fingerprint density at radius 2 is 2.06 bits per heavy atom. The lowest BCUT2D eigenvalue weighted by Crippen LogP contribution is -2.44. The van der Waals surface area contributed by atoms with Crippen molar-refractivity contribution in [3.05, 3.63) is 0 Å². The Labute approximate surface area is 109 Å². The average Bonchev–Trinajstić information content (AvgIpc) is 2.77. The van der Waals surface area contributed by atoms with E-state index in [4.69, 9.17) is 0 Å². The van der Waals surface area contributed by atoms with Crippen molar-refractivity contribution < 1.29 is 4.79 Å². The van der Waals surface area contributed by atoms with E-state index in [0.717, 1.165) is 44.9 Å². The van der Waals surface area contributed by atoms with Gasteiger partial charge in [-0.2, -0.15) is 11.8 Å². The third kappa shape index (κ3) is 3.88. The van der Waals surface area contributed by atoms with E-state index in [1.165, 1.54) is 6.42 Å². The molecule has 1 N–H and O–H groups in total. The number of carbonyl (C=O) groups excluding carboxylic acids is 1. The van der Waals surface area contributed by atoms with Crippen LogP contribution in [0.25, 0.3) is 0 Å². The van der Waals surface area contributed by atoms with E-state index < -0.39 is 0 Å². The van der Waals surface area contributed by atoms with Crippen LogP contribution in [0.15, 0.2) is 0 Å². The maximum absolute atomic E-state index is 12.1. The number of nitrogens with zero attached hydrogens (tertiary/aromatic N) is 1. The minimum Gasteiger partial charge on any atom is -0.341 e. The van der Waals surface area contributed by atoms with Gasteiger partial charge in [0.15, 0.2) is 0 Å². The van der Waals surface area contributed by atoms with Crippen LogP contribution < -0.4 is 5.32 Å². The van der Waals surface area contributed by atoms with Gasteiger partial charge in [-0.25, -0.2) is 0 Å². The lowest BCUT2D eigenvalue weighted by Gasteiger charge is -2.34. The molecule has 1 amide bonds. The van der Waals surface area contributed by atoms with Gasteiger partial charge in [0, 0.05) is 30.0 Å². The molecule has 3 nitrogen and oxygen atoms in total. The van der Waals surface area contributed by atoms with Crippen LogP contribution in [0, 0.1) is 5.92 Å². The van der Waals surface area contributed by atoms with Crippen LogP contribution in [-0.2, 0) is 4.79 Å². The van der Waals surface area contributed by atoms with Gasteiger partial charge in [-0.3, -0.25) is 4.79 Å². The number of rotatable bonds is 3. The van der Waals surface area contributed by atoms with Gasteiger partial charge in [-0.15, -0.1) is 0 Å². The lowest BCUT2D eigenvalue weighted by molar-refractivity contribution is -0.131. The highest BCUT2D eigenvalue weighted by atomic mass is 32.2. The SMILES string of the molecule is CC1CN(C(=O)CCC2CCNC2)CC(C)S1. The van der Waals surface area contributed by atoms with Crippen LogP contribution in [0.5, 0.6) is 0 Å². The predicted octanol–water partition coefficient (Wildman–Crippen LogP) is 1.73. The minimum atomic E-state index is 0.371. The van der Waals surface area contributed by atoms with Gasteiger partial charge in [0.1, 0.15) is 0 Å². The molecule has 2 rings (SSSR count). The lowest BCUT2D eigenvalue weighted by atomic mass is 10.0. The van der Waals surface area contributed by atoms with Gasteiger partial charge in [0.25, 0.3) is 0 Å². The Kier molecular flexibility index (Phi) is 4.74. The van der Waals surface area contributed by atoms with Crippen molar-refractivity contribution in [3.8, 4) is 0 Å². The molecule has 3 unspecified atom stereocenters. The third-order valence-corrected chi connectivity index (χ3v) is 4.93. The van der Waals surface area contributed by atoms with Gasteiger partial charge in [0.2, 0.25) is 5.91 Å². The standard InChI is InChI=1S/C13H24N2OS/c1-10-8-15(9-11(2)17-10)13(16)4-3-12-5-6-14-7-12/h10-12,14H,3-9H2,1-2H3. The van der Waals surface area contributed by atoms with Gasteiger partial charge < -0.3 is 10.2 Å². The Balaban J connectivity index is 1.74. The van der Waals surface area contributed by atoms with E-state index in [0.29, 0.717) is 16.4 Å². The van der Waals surface area contributed by atoms with Crippen LogP contribution in [-0.4, -0.2) is 47.5 Å². The van der Waals surface area contributed by atoms with E-state index in [2.05, 4.69) is 24.1 Å². The average molecular weight is 256 g/mol. The molecule has 17 heavy (non-hydrogen) atoms. The van der Waals surface area contributed by atoms with Crippen LogP contribution in [0.3, 0.4) is 0 Å². The summed E-state index contributed by atoms with van der Waals surface area (Å²) in [6, 6.07) is 0. The molecule has 0 aromatic heterocycles. The Hall–Kier alpha value is -0.220. The van der Waals surface area contributed by atoms with Gasteiger partial charge in [0.05, 0.1) is 0 Å². The quantitative estimate of drug-likeness (QED) is 0.834. The summed E-state index contributed by atoms with van der Waals surface area (Å²) in [5.41, 5.74) is 0. The Morgan fingerprint density at radius 3 is 2.65 bits per heavy atom. The summed E-state index contributed by atoms with van der Waals surface area (Å²) in [6.07, 6.45) is 3.06. The first-order chi connectivity index (χ1) is 8.15. The normalized spacial score (nSPS) is 34.0. The maximum Gasteiger partial charge on any atom is 0.222 e. The molecule has 2 heterocycles. The van der Waals surface area contributed by atoms with E-state index >= 15 is 0 Å². The van der Waals surface area contributed by atoms with Crippen molar-refractivity contribution in [1.82, 2.24) is 10.2 Å².